The van der Waals surface area contributed by atoms with Crippen LogP contribution in [0.25, 0.3) is 0 Å². The molecule has 2 aromatic rings. The van der Waals surface area contributed by atoms with Crippen molar-refractivity contribution in [3.05, 3.63) is 58.1 Å². The van der Waals surface area contributed by atoms with Gasteiger partial charge in [0.15, 0.2) is 0 Å². The maximum Gasteiger partial charge on any atom is 0.303 e. The number of methoxy groups -OCH3 is 1. The van der Waals surface area contributed by atoms with Gasteiger partial charge in [0.1, 0.15) is 35.9 Å². The van der Waals surface area contributed by atoms with E-state index in [9.17, 15) is 29.2 Å². The molecule has 0 aromatic heterocycles. The van der Waals surface area contributed by atoms with Gasteiger partial charge in [-0.2, -0.15) is 0 Å². The summed E-state index contributed by atoms with van der Waals surface area (Å²) in [6.45, 7) is -1.07. The third kappa shape index (κ3) is 4.17. The van der Waals surface area contributed by atoms with Crippen LogP contribution >= 0.6 is 11.6 Å². The van der Waals surface area contributed by atoms with E-state index >= 15 is 0 Å². The molecule has 0 aliphatic carbocycles. The Morgan fingerprint density at radius 1 is 1.17 bits per heavy atom. The monoisotopic (exact) mass is 430 g/mol. The van der Waals surface area contributed by atoms with Gasteiger partial charge < -0.3 is 29.9 Å². The molecule has 6 nitrogen and oxygen atoms in total. The molecule has 1 heterocycles. The average molecular weight is 431 g/mol. The van der Waals surface area contributed by atoms with Crippen LogP contribution in [-0.2, 0) is 11.2 Å². The van der Waals surface area contributed by atoms with E-state index in [4.69, 9.17) is 21.1 Å². The fraction of sp³-hybridized carbons (Fsp3) is 0.400. The van der Waals surface area contributed by atoms with Crippen molar-refractivity contribution in [2.45, 2.75) is 36.8 Å². The van der Waals surface area contributed by atoms with E-state index in [0.717, 1.165) is 5.56 Å². The van der Waals surface area contributed by atoms with Crippen molar-refractivity contribution in [3.8, 4) is 11.5 Å². The number of ether oxygens (including phenoxy) is 2. The van der Waals surface area contributed by atoms with Crippen LogP contribution in [-0.4, -0.2) is 58.4 Å². The molecular weight excluding hydrogens is 410 g/mol. The van der Waals surface area contributed by atoms with Crippen molar-refractivity contribution < 1.29 is 38.7 Å². The number of hydrogen-bond donors (Lipinski definition) is 4. The SMILES string of the molecule is COc1ccc(Cc2cc([C@@H]3O[C@H](CO)C(F)(F)[C@H](O)[C@H]3O)c(O)cc2Cl)cc1. The lowest BCUT2D eigenvalue weighted by Gasteiger charge is -2.42. The zero-order valence-corrected chi connectivity index (χ0v) is 16.2. The van der Waals surface area contributed by atoms with Gasteiger partial charge in [-0.25, -0.2) is 8.78 Å². The number of phenols is 1. The van der Waals surface area contributed by atoms with Crippen molar-refractivity contribution in [2.75, 3.05) is 13.7 Å². The van der Waals surface area contributed by atoms with Gasteiger partial charge in [0.05, 0.1) is 13.7 Å². The molecule has 158 valence electrons. The van der Waals surface area contributed by atoms with E-state index in [-0.39, 0.29) is 16.3 Å². The van der Waals surface area contributed by atoms with Crippen LogP contribution < -0.4 is 4.74 Å². The van der Waals surface area contributed by atoms with Crippen molar-refractivity contribution in [2.24, 2.45) is 0 Å². The molecule has 4 atom stereocenters. The van der Waals surface area contributed by atoms with Crippen molar-refractivity contribution >= 4 is 11.6 Å². The first kappa shape index (κ1) is 21.7. The van der Waals surface area contributed by atoms with Gasteiger partial charge in [-0.3, -0.25) is 0 Å². The van der Waals surface area contributed by atoms with Crippen LogP contribution in [0.4, 0.5) is 8.78 Å². The number of aromatic hydroxyl groups is 1. The van der Waals surface area contributed by atoms with E-state index < -0.39 is 36.9 Å². The number of phenolic OH excluding ortho intramolecular Hbond substituents is 1. The third-order valence-electron chi connectivity index (χ3n) is 4.99. The lowest BCUT2D eigenvalue weighted by Crippen LogP contribution is -2.59. The summed E-state index contributed by atoms with van der Waals surface area (Å²) >= 11 is 6.22. The minimum Gasteiger partial charge on any atom is -0.508 e. The van der Waals surface area contributed by atoms with Crippen LogP contribution in [0.1, 0.15) is 22.8 Å². The summed E-state index contributed by atoms with van der Waals surface area (Å²) in [6, 6.07) is 9.82. The lowest BCUT2D eigenvalue weighted by molar-refractivity contribution is -0.296. The molecule has 1 fully saturated rings. The third-order valence-corrected chi connectivity index (χ3v) is 5.34. The van der Waals surface area contributed by atoms with Crippen LogP contribution in [0.3, 0.4) is 0 Å². The number of aliphatic hydroxyl groups excluding tert-OH is 3. The fourth-order valence-corrected chi connectivity index (χ4v) is 3.53. The highest BCUT2D eigenvalue weighted by Crippen LogP contribution is 2.44. The number of benzene rings is 2. The van der Waals surface area contributed by atoms with Gasteiger partial charge in [0.25, 0.3) is 0 Å². The predicted octanol–water partition coefficient (Wildman–Crippen LogP) is 2.43. The van der Waals surface area contributed by atoms with Crippen LogP contribution in [0.2, 0.25) is 5.02 Å². The Morgan fingerprint density at radius 2 is 1.83 bits per heavy atom. The molecule has 0 spiro atoms. The second kappa shape index (κ2) is 8.41. The first-order valence-electron chi connectivity index (χ1n) is 8.83. The minimum atomic E-state index is -3.85. The van der Waals surface area contributed by atoms with E-state index in [1.165, 1.54) is 12.1 Å². The lowest BCUT2D eigenvalue weighted by atomic mass is 9.89. The Bertz CT molecular complexity index is 857. The first-order chi connectivity index (χ1) is 13.7. The molecule has 0 saturated carbocycles. The van der Waals surface area contributed by atoms with Gasteiger partial charge >= 0.3 is 5.92 Å². The zero-order valence-electron chi connectivity index (χ0n) is 15.4. The van der Waals surface area contributed by atoms with Gasteiger partial charge in [0.2, 0.25) is 0 Å². The van der Waals surface area contributed by atoms with Crippen LogP contribution in [0.15, 0.2) is 36.4 Å². The van der Waals surface area contributed by atoms with Gasteiger partial charge in [-0.15, -0.1) is 0 Å². The largest absolute Gasteiger partial charge is 0.508 e. The summed E-state index contributed by atoms with van der Waals surface area (Å²) in [6.07, 6.45) is -7.66. The Kier molecular flexibility index (Phi) is 6.30. The molecule has 0 bridgehead atoms. The topological polar surface area (TPSA) is 99.4 Å². The smallest absolute Gasteiger partial charge is 0.303 e. The van der Waals surface area contributed by atoms with E-state index in [1.54, 1.807) is 19.2 Å². The summed E-state index contributed by atoms with van der Waals surface area (Å²) in [4.78, 5) is 0. The summed E-state index contributed by atoms with van der Waals surface area (Å²) in [5, 5.41) is 39.7. The molecular formula is C20H21ClF2O6. The molecule has 0 radical (unpaired) electrons. The molecule has 0 unspecified atom stereocenters. The molecule has 29 heavy (non-hydrogen) atoms. The van der Waals surface area contributed by atoms with Crippen LogP contribution in [0.5, 0.6) is 11.5 Å². The highest BCUT2D eigenvalue weighted by molar-refractivity contribution is 6.31. The molecule has 1 saturated heterocycles. The second-order valence-corrected chi connectivity index (χ2v) is 7.27. The Balaban J connectivity index is 1.94. The highest BCUT2D eigenvalue weighted by atomic mass is 35.5. The molecule has 0 amide bonds. The van der Waals surface area contributed by atoms with E-state index in [1.807, 2.05) is 12.1 Å². The maximum absolute atomic E-state index is 14.0. The number of aliphatic hydroxyl groups is 3. The highest BCUT2D eigenvalue weighted by Gasteiger charge is 2.57. The molecule has 1 aliphatic heterocycles. The number of halogens is 3. The van der Waals surface area contributed by atoms with E-state index in [2.05, 4.69) is 0 Å². The Morgan fingerprint density at radius 3 is 2.41 bits per heavy atom. The zero-order chi connectivity index (χ0) is 21.3. The number of alkyl halides is 2. The molecule has 1 aliphatic rings. The summed E-state index contributed by atoms with van der Waals surface area (Å²) in [5.74, 6) is -3.56. The summed E-state index contributed by atoms with van der Waals surface area (Å²) in [5.41, 5.74) is 1.40. The quantitative estimate of drug-likeness (QED) is 0.581. The summed E-state index contributed by atoms with van der Waals surface area (Å²) in [7, 11) is 1.55. The first-order valence-corrected chi connectivity index (χ1v) is 9.21. The number of hydrogen-bond acceptors (Lipinski definition) is 6. The van der Waals surface area contributed by atoms with Gasteiger partial charge in [-0.05, 0) is 41.8 Å². The van der Waals surface area contributed by atoms with Gasteiger partial charge in [0, 0.05) is 10.6 Å². The fourth-order valence-electron chi connectivity index (χ4n) is 3.31. The Hall–Kier alpha value is -1.97. The summed E-state index contributed by atoms with van der Waals surface area (Å²) < 4.78 is 38.3. The normalized spacial score (nSPS) is 26.3. The van der Waals surface area contributed by atoms with Crippen molar-refractivity contribution in [1.82, 2.24) is 0 Å². The van der Waals surface area contributed by atoms with Crippen molar-refractivity contribution in [3.63, 3.8) is 0 Å². The maximum atomic E-state index is 14.0. The molecule has 4 N–H and O–H groups in total. The molecule has 3 rings (SSSR count). The van der Waals surface area contributed by atoms with Gasteiger partial charge in [-0.1, -0.05) is 23.7 Å². The van der Waals surface area contributed by atoms with Crippen molar-refractivity contribution in [1.29, 1.82) is 0 Å². The van der Waals surface area contributed by atoms with Crippen LogP contribution in [0, 0.1) is 0 Å². The second-order valence-electron chi connectivity index (χ2n) is 6.87. The molecule has 2 aromatic carbocycles. The Labute approximate surface area is 170 Å². The number of rotatable bonds is 5. The van der Waals surface area contributed by atoms with E-state index in [0.29, 0.717) is 17.7 Å². The predicted molar refractivity (Wildman–Crippen MR) is 101 cm³/mol. The molecule has 9 heteroatoms. The minimum absolute atomic E-state index is 0.0154. The standard InChI is InChI=1S/C20H21ClF2O6/c1-28-12-4-2-10(3-5-12)6-11-7-13(15(25)8-14(11)21)18-17(26)19(27)20(22,23)16(9-24)29-18/h2-5,7-8,16-19,24-27H,6,9H2,1H3/t16-,17+,18+,19-/m1/s1. The average Bonchev–Trinajstić information content (AvgIpc) is 2.69.